The van der Waals surface area contributed by atoms with Gasteiger partial charge in [-0.15, -0.1) is 0 Å². The fraction of sp³-hybridized carbons (Fsp3) is 0. The Balaban J connectivity index is 2.69. The van der Waals surface area contributed by atoms with E-state index in [0.29, 0.717) is 0 Å². The normalized spacial score (nSPS) is 13.0. The largest absolute Gasteiger partial charge is 0.301 e. The molecule has 1 atom stereocenters. The minimum absolute atomic E-state index is 0.153. The van der Waals surface area contributed by atoms with Crippen molar-refractivity contribution in [2.24, 2.45) is 0 Å². The van der Waals surface area contributed by atoms with Gasteiger partial charge in [0, 0.05) is 29.4 Å². The summed E-state index contributed by atoms with van der Waals surface area (Å²) in [5, 5.41) is 1.87. The third-order valence-corrected chi connectivity index (χ3v) is 2.26. The first kappa shape index (κ1) is 8.28. The van der Waals surface area contributed by atoms with Crippen LogP contribution in [0.15, 0.2) is 35.7 Å². The Kier molecular flexibility index (Phi) is 2.03. The van der Waals surface area contributed by atoms with E-state index >= 15 is 0 Å². The van der Waals surface area contributed by atoms with Crippen LogP contribution < -0.4 is 0 Å². The summed E-state index contributed by atoms with van der Waals surface area (Å²) in [4.78, 5) is 7.73. The van der Waals surface area contributed by atoms with Crippen LogP contribution in [0.4, 0.5) is 0 Å². The highest BCUT2D eigenvalue weighted by Gasteiger charge is 2.02. The number of aromatic nitrogens is 2. The van der Waals surface area contributed by atoms with Crippen LogP contribution in [0.5, 0.6) is 0 Å². The maximum Gasteiger partial charge on any atom is 0.205 e. The molecule has 0 aromatic carbocycles. The topological polar surface area (TPSA) is 63.1 Å². The first-order chi connectivity index (χ1) is 6.27. The molecule has 1 unspecified atom stereocenters. The number of pyridine rings is 2. The maximum absolute atomic E-state index is 10.7. The van der Waals surface area contributed by atoms with Gasteiger partial charge in [0.1, 0.15) is 0 Å². The molecule has 2 aromatic rings. The van der Waals surface area contributed by atoms with Crippen molar-refractivity contribution in [3.05, 3.63) is 30.7 Å². The second-order valence-electron chi connectivity index (χ2n) is 2.49. The Labute approximate surface area is 76.9 Å². The van der Waals surface area contributed by atoms with Crippen LogP contribution >= 0.6 is 0 Å². The summed E-state index contributed by atoms with van der Waals surface area (Å²) in [5.41, 5.74) is 0. The van der Waals surface area contributed by atoms with E-state index in [1.165, 1.54) is 0 Å². The van der Waals surface area contributed by atoms with Gasteiger partial charge in [0.2, 0.25) is 11.1 Å². The second-order valence-corrected chi connectivity index (χ2v) is 3.41. The SMILES string of the molecule is O=S(O)c1cc2cnccc2cn1. The summed E-state index contributed by atoms with van der Waals surface area (Å²) >= 11 is -2.02. The Morgan fingerprint density at radius 1 is 1.31 bits per heavy atom. The molecule has 0 amide bonds. The number of nitrogens with zero attached hydrogens (tertiary/aromatic N) is 2. The molecule has 0 aliphatic rings. The zero-order chi connectivity index (χ0) is 9.26. The van der Waals surface area contributed by atoms with Gasteiger partial charge in [-0.05, 0) is 12.1 Å². The molecule has 2 rings (SSSR count). The lowest BCUT2D eigenvalue weighted by atomic mass is 10.2. The minimum atomic E-state index is -2.02. The lowest BCUT2D eigenvalue weighted by Gasteiger charge is -1.97. The summed E-state index contributed by atoms with van der Waals surface area (Å²) in [5.74, 6) is 0. The number of fused-ring (bicyclic) bond motifs is 1. The predicted octanol–water partition coefficient (Wildman–Crippen LogP) is 1.21. The quantitative estimate of drug-likeness (QED) is 0.693. The molecular formula is C8H6N2O2S. The van der Waals surface area contributed by atoms with Gasteiger partial charge in [0.15, 0.2) is 5.03 Å². The van der Waals surface area contributed by atoms with Crippen LogP contribution in [0, 0.1) is 0 Å². The molecule has 2 heterocycles. The lowest BCUT2D eigenvalue weighted by molar-refractivity contribution is 0.560. The van der Waals surface area contributed by atoms with Gasteiger partial charge in [0.05, 0.1) is 0 Å². The average molecular weight is 194 g/mol. The zero-order valence-electron chi connectivity index (χ0n) is 6.54. The van der Waals surface area contributed by atoms with Crippen molar-refractivity contribution in [1.82, 2.24) is 9.97 Å². The molecule has 66 valence electrons. The molecule has 4 nitrogen and oxygen atoms in total. The fourth-order valence-corrected chi connectivity index (χ4v) is 1.43. The molecule has 0 radical (unpaired) electrons. The zero-order valence-corrected chi connectivity index (χ0v) is 7.36. The van der Waals surface area contributed by atoms with Crippen molar-refractivity contribution in [3.63, 3.8) is 0 Å². The van der Waals surface area contributed by atoms with E-state index in [2.05, 4.69) is 9.97 Å². The highest BCUT2D eigenvalue weighted by molar-refractivity contribution is 7.79. The minimum Gasteiger partial charge on any atom is -0.301 e. The van der Waals surface area contributed by atoms with Crippen LogP contribution in [0.2, 0.25) is 0 Å². The molecule has 0 spiro atoms. The molecule has 13 heavy (non-hydrogen) atoms. The molecule has 0 aliphatic heterocycles. The van der Waals surface area contributed by atoms with Crippen molar-refractivity contribution in [1.29, 1.82) is 0 Å². The van der Waals surface area contributed by atoms with Gasteiger partial charge in [-0.1, -0.05) is 0 Å². The summed E-state index contributed by atoms with van der Waals surface area (Å²) in [6.45, 7) is 0. The number of hydrogen-bond donors (Lipinski definition) is 1. The number of hydrogen-bond acceptors (Lipinski definition) is 3. The molecule has 0 aliphatic carbocycles. The Bertz CT molecular complexity index is 472. The van der Waals surface area contributed by atoms with E-state index in [1.54, 1.807) is 30.7 Å². The van der Waals surface area contributed by atoms with E-state index in [-0.39, 0.29) is 5.03 Å². The van der Waals surface area contributed by atoms with Crippen LogP contribution in [0.25, 0.3) is 10.8 Å². The van der Waals surface area contributed by atoms with E-state index < -0.39 is 11.1 Å². The van der Waals surface area contributed by atoms with Gasteiger partial charge in [-0.2, -0.15) is 0 Å². The van der Waals surface area contributed by atoms with Gasteiger partial charge in [-0.3, -0.25) is 4.98 Å². The Morgan fingerprint density at radius 2 is 2.15 bits per heavy atom. The van der Waals surface area contributed by atoms with Crippen molar-refractivity contribution in [2.75, 3.05) is 0 Å². The summed E-state index contributed by atoms with van der Waals surface area (Å²) < 4.78 is 19.4. The Hall–Kier alpha value is -1.33. The third-order valence-electron chi connectivity index (χ3n) is 1.68. The molecular weight excluding hydrogens is 188 g/mol. The van der Waals surface area contributed by atoms with Crippen molar-refractivity contribution >= 4 is 21.9 Å². The molecule has 2 aromatic heterocycles. The molecule has 0 bridgehead atoms. The molecule has 5 heteroatoms. The summed E-state index contributed by atoms with van der Waals surface area (Å²) in [6, 6.07) is 3.35. The van der Waals surface area contributed by atoms with Crippen molar-refractivity contribution in [2.45, 2.75) is 5.03 Å². The van der Waals surface area contributed by atoms with Gasteiger partial charge in [0.25, 0.3) is 0 Å². The van der Waals surface area contributed by atoms with E-state index in [4.69, 9.17) is 4.55 Å². The van der Waals surface area contributed by atoms with Gasteiger partial charge in [-0.25, -0.2) is 9.19 Å². The van der Waals surface area contributed by atoms with Crippen LogP contribution in [-0.4, -0.2) is 18.7 Å². The predicted molar refractivity (Wildman–Crippen MR) is 48.6 cm³/mol. The van der Waals surface area contributed by atoms with E-state index in [0.717, 1.165) is 10.8 Å². The van der Waals surface area contributed by atoms with Gasteiger partial charge < -0.3 is 4.55 Å². The standard InChI is InChI=1S/C8H6N2O2S/c11-13(12)8-3-7-4-9-2-1-6(7)5-10-8/h1-5H,(H,11,12). The molecule has 0 saturated carbocycles. The highest BCUT2D eigenvalue weighted by atomic mass is 32.2. The van der Waals surface area contributed by atoms with E-state index in [9.17, 15) is 4.21 Å². The number of rotatable bonds is 1. The van der Waals surface area contributed by atoms with Crippen molar-refractivity contribution < 1.29 is 8.76 Å². The molecule has 0 fully saturated rings. The van der Waals surface area contributed by atoms with Crippen LogP contribution in [0.3, 0.4) is 0 Å². The maximum atomic E-state index is 10.7. The first-order valence-electron chi connectivity index (χ1n) is 3.58. The van der Waals surface area contributed by atoms with Crippen LogP contribution in [0.1, 0.15) is 0 Å². The monoisotopic (exact) mass is 194 g/mol. The summed E-state index contributed by atoms with van der Waals surface area (Å²) in [6.07, 6.45) is 4.84. The van der Waals surface area contributed by atoms with Crippen molar-refractivity contribution in [3.8, 4) is 0 Å². The average Bonchev–Trinajstić information content (AvgIpc) is 2.17. The molecule has 1 N–H and O–H groups in total. The highest BCUT2D eigenvalue weighted by Crippen LogP contribution is 2.13. The van der Waals surface area contributed by atoms with Gasteiger partial charge >= 0.3 is 0 Å². The Morgan fingerprint density at radius 3 is 2.92 bits per heavy atom. The third kappa shape index (κ3) is 1.56. The first-order valence-corrected chi connectivity index (χ1v) is 4.69. The second kappa shape index (κ2) is 3.20. The van der Waals surface area contributed by atoms with E-state index in [1.807, 2.05) is 0 Å². The van der Waals surface area contributed by atoms with Crippen LogP contribution in [-0.2, 0) is 11.1 Å². The lowest BCUT2D eigenvalue weighted by Crippen LogP contribution is -1.92. The fourth-order valence-electron chi connectivity index (χ4n) is 1.05. The smallest absolute Gasteiger partial charge is 0.205 e. The molecule has 0 saturated heterocycles. The summed E-state index contributed by atoms with van der Waals surface area (Å²) in [7, 11) is 0.